The van der Waals surface area contributed by atoms with Crippen molar-refractivity contribution in [2.75, 3.05) is 6.61 Å². The Morgan fingerprint density at radius 2 is 2.00 bits per heavy atom. The van der Waals surface area contributed by atoms with Crippen LogP contribution in [0.15, 0.2) is 35.7 Å². The molecule has 0 bridgehead atoms. The van der Waals surface area contributed by atoms with Gasteiger partial charge in [-0.3, -0.25) is 4.57 Å². The lowest BCUT2D eigenvalue weighted by Gasteiger charge is -2.29. The summed E-state index contributed by atoms with van der Waals surface area (Å²) in [7, 11) is -2.72. The maximum Gasteiger partial charge on any atom is 0.257 e. The molecule has 2 aliphatic rings. The zero-order valence-corrected chi connectivity index (χ0v) is 10.8. The van der Waals surface area contributed by atoms with Crippen LogP contribution in [0.5, 0.6) is 0 Å². The minimum atomic E-state index is -2.72. The van der Waals surface area contributed by atoms with Gasteiger partial charge in [-0.25, -0.2) is 0 Å². The summed E-state index contributed by atoms with van der Waals surface area (Å²) < 4.78 is 18.8. The topological polar surface area (TPSA) is 26.3 Å². The highest BCUT2D eigenvalue weighted by Gasteiger charge is 2.35. The Morgan fingerprint density at radius 3 is 2.82 bits per heavy atom. The fourth-order valence-corrected chi connectivity index (χ4v) is 5.32. The Balaban J connectivity index is 2.09. The lowest BCUT2D eigenvalue weighted by Crippen LogP contribution is -2.22. The highest BCUT2D eigenvalue weighted by molar-refractivity contribution is 7.71. The Morgan fingerprint density at radius 1 is 1.12 bits per heavy atom. The van der Waals surface area contributed by atoms with E-state index in [0.717, 1.165) is 36.3 Å². The van der Waals surface area contributed by atoms with Gasteiger partial charge >= 0.3 is 0 Å². The lowest BCUT2D eigenvalue weighted by atomic mass is 10.1. The molecule has 0 saturated heterocycles. The van der Waals surface area contributed by atoms with Gasteiger partial charge in [-0.2, -0.15) is 0 Å². The van der Waals surface area contributed by atoms with Crippen LogP contribution >= 0.6 is 7.37 Å². The fourth-order valence-electron chi connectivity index (χ4n) is 2.69. The van der Waals surface area contributed by atoms with Gasteiger partial charge in [0.2, 0.25) is 0 Å². The van der Waals surface area contributed by atoms with Crippen LogP contribution in [0.3, 0.4) is 0 Å². The average molecular weight is 248 g/mol. The van der Waals surface area contributed by atoms with Crippen LogP contribution < -0.4 is 5.30 Å². The Bertz CT molecular complexity index is 505. The molecular weight excluding hydrogens is 231 g/mol. The van der Waals surface area contributed by atoms with Crippen molar-refractivity contribution in [2.45, 2.75) is 32.1 Å². The van der Waals surface area contributed by atoms with Crippen molar-refractivity contribution in [2.24, 2.45) is 0 Å². The molecular formula is C14H17O2P. The van der Waals surface area contributed by atoms with Crippen molar-refractivity contribution in [1.29, 1.82) is 0 Å². The molecule has 1 aromatic rings. The SMILES string of the molecule is O=[P@]1(C2=CCCCC2)OCCc2ccccc21. The summed E-state index contributed by atoms with van der Waals surface area (Å²) in [6, 6.07) is 8.03. The van der Waals surface area contributed by atoms with Crippen molar-refractivity contribution < 1.29 is 9.09 Å². The standard InChI is InChI=1S/C14H17O2P/c15-17(13-7-2-1-3-8-13)14-9-5-4-6-12(14)10-11-16-17/h4-7,9H,1-3,8,10-11H2/t17-/m1/s1. The Labute approximate surface area is 102 Å². The second kappa shape index (κ2) is 4.44. The molecule has 1 atom stereocenters. The minimum absolute atomic E-state index is 0.589. The third-order valence-corrected chi connectivity index (χ3v) is 6.38. The molecule has 1 aromatic carbocycles. The lowest BCUT2D eigenvalue weighted by molar-refractivity contribution is 0.320. The molecule has 1 heterocycles. The highest BCUT2D eigenvalue weighted by Crippen LogP contribution is 2.58. The quantitative estimate of drug-likeness (QED) is 0.709. The minimum Gasteiger partial charge on any atom is -0.322 e. The van der Waals surface area contributed by atoms with Gasteiger partial charge in [0, 0.05) is 10.6 Å². The van der Waals surface area contributed by atoms with E-state index in [2.05, 4.69) is 12.1 Å². The fraction of sp³-hybridized carbons (Fsp3) is 0.429. The molecule has 0 amide bonds. The highest BCUT2D eigenvalue weighted by atomic mass is 31.2. The molecule has 3 rings (SSSR count). The number of hydrogen-bond donors (Lipinski definition) is 0. The summed E-state index contributed by atoms with van der Waals surface area (Å²) in [5.74, 6) is 0. The molecule has 90 valence electrons. The second-order valence-electron chi connectivity index (χ2n) is 4.70. The first-order valence-electron chi connectivity index (χ1n) is 6.33. The van der Waals surface area contributed by atoms with Crippen molar-refractivity contribution in [3.8, 4) is 0 Å². The number of fused-ring (bicyclic) bond motifs is 1. The number of rotatable bonds is 1. The molecule has 0 aromatic heterocycles. The van der Waals surface area contributed by atoms with Crippen LogP contribution in [0.25, 0.3) is 0 Å². The molecule has 0 radical (unpaired) electrons. The van der Waals surface area contributed by atoms with Crippen LogP contribution in [0.1, 0.15) is 31.2 Å². The Hall–Kier alpha value is -0.850. The predicted molar refractivity (Wildman–Crippen MR) is 69.9 cm³/mol. The summed E-state index contributed by atoms with van der Waals surface area (Å²) in [6.45, 7) is 0.589. The van der Waals surface area contributed by atoms with Crippen LogP contribution in [0.4, 0.5) is 0 Å². The van der Waals surface area contributed by atoms with Crippen LogP contribution in [0.2, 0.25) is 0 Å². The van der Waals surface area contributed by atoms with E-state index in [9.17, 15) is 4.57 Å². The van der Waals surface area contributed by atoms with Gasteiger partial charge in [0.05, 0.1) is 6.61 Å². The van der Waals surface area contributed by atoms with Gasteiger partial charge in [0.15, 0.2) is 0 Å². The molecule has 0 fully saturated rings. The van der Waals surface area contributed by atoms with Gasteiger partial charge in [0.25, 0.3) is 7.37 Å². The predicted octanol–water partition coefficient (Wildman–Crippen LogP) is 3.62. The molecule has 1 aliphatic heterocycles. The van der Waals surface area contributed by atoms with Crippen LogP contribution in [-0.2, 0) is 15.5 Å². The van der Waals surface area contributed by atoms with Crippen molar-refractivity contribution in [3.63, 3.8) is 0 Å². The van der Waals surface area contributed by atoms with Gasteiger partial charge < -0.3 is 4.52 Å². The summed E-state index contributed by atoms with van der Waals surface area (Å²) in [5, 5.41) is 2.00. The molecule has 17 heavy (non-hydrogen) atoms. The molecule has 3 heteroatoms. The van der Waals surface area contributed by atoms with E-state index in [4.69, 9.17) is 4.52 Å². The third kappa shape index (κ3) is 1.90. The van der Waals surface area contributed by atoms with Crippen LogP contribution in [0, 0.1) is 0 Å². The summed E-state index contributed by atoms with van der Waals surface area (Å²) in [4.78, 5) is 0. The summed E-state index contributed by atoms with van der Waals surface area (Å²) >= 11 is 0. The van der Waals surface area contributed by atoms with Crippen molar-refractivity contribution in [3.05, 3.63) is 41.2 Å². The molecule has 2 nitrogen and oxygen atoms in total. The monoisotopic (exact) mass is 248 g/mol. The van der Waals surface area contributed by atoms with E-state index < -0.39 is 7.37 Å². The molecule has 0 N–H and O–H groups in total. The van der Waals surface area contributed by atoms with E-state index in [-0.39, 0.29) is 0 Å². The van der Waals surface area contributed by atoms with Gasteiger partial charge in [0.1, 0.15) is 0 Å². The average Bonchev–Trinajstić information content (AvgIpc) is 2.40. The van der Waals surface area contributed by atoms with Crippen molar-refractivity contribution in [1.82, 2.24) is 0 Å². The zero-order chi connectivity index (χ0) is 11.7. The number of benzene rings is 1. The van der Waals surface area contributed by atoms with Gasteiger partial charge in [-0.1, -0.05) is 24.3 Å². The largest absolute Gasteiger partial charge is 0.322 e. The van der Waals surface area contributed by atoms with E-state index in [1.165, 1.54) is 12.0 Å². The summed E-state index contributed by atoms with van der Waals surface area (Å²) in [5.41, 5.74) is 1.20. The second-order valence-corrected chi connectivity index (χ2v) is 7.12. The third-order valence-electron chi connectivity index (χ3n) is 3.60. The van der Waals surface area contributed by atoms with Crippen LogP contribution in [-0.4, -0.2) is 6.61 Å². The maximum absolute atomic E-state index is 13.1. The smallest absolute Gasteiger partial charge is 0.257 e. The van der Waals surface area contributed by atoms with E-state index in [1.54, 1.807) is 0 Å². The summed E-state index contributed by atoms with van der Waals surface area (Å²) in [6.07, 6.45) is 7.36. The first-order chi connectivity index (χ1) is 8.31. The normalized spacial score (nSPS) is 28.4. The van der Waals surface area contributed by atoms with Gasteiger partial charge in [-0.15, -0.1) is 0 Å². The van der Waals surface area contributed by atoms with E-state index >= 15 is 0 Å². The molecule has 0 unspecified atom stereocenters. The number of allylic oxidation sites excluding steroid dienone is 2. The molecule has 1 aliphatic carbocycles. The van der Waals surface area contributed by atoms with Gasteiger partial charge in [-0.05, 0) is 43.7 Å². The van der Waals surface area contributed by atoms with E-state index in [0.29, 0.717) is 6.61 Å². The zero-order valence-electron chi connectivity index (χ0n) is 9.89. The van der Waals surface area contributed by atoms with E-state index in [1.807, 2.05) is 18.2 Å². The first-order valence-corrected chi connectivity index (χ1v) is 7.96. The Kier molecular flexibility index (Phi) is 2.94. The first kappa shape index (κ1) is 11.3. The maximum atomic E-state index is 13.1. The molecule has 0 spiro atoms. The molecule has 0 saturated carbocycles. The van der Waals surface area contributed by atoms with Crippen molar-refractivity contribution >= 4 is 12.7 Å². The number of hydrogen-bond acceptors (Lipinski definition) is 2.